The number of Topliss-reactive ketones (excluding diaryl/α,β-unsaturated/α-hetero) is 1. The van der Waals surface area contributed by atoms with Gasteiger partial charge in [-0.1, -0.05) is 17.7 Å². The Morgan fingerprint density at radius 2 is 1.70 bits per heavy atom. The first-order chi connectivity index (χ1) is 12.9. The lowest BCUT2D eigenvalue weighted by molar-refractivity contribution is 0.101. The molecule has 1 aromatic heterocycles. The summed E-state index contributed by atoms with van der Waals surface area (Å²) in [5.41, 5.74) is 3.11. The van der Waals surface area contributed by atoms with Crippen LogP contribution in [0, 0.1) is 6.92 Å². The number of carbonyl (C=O) groups is 2. The molecule has 1 amide bonds. The summed E-state index contributed by atoms with van der Waals surface area (Å²) in [5, 5.41) is 14.4. The number of nitrogens with one attached hydrogen (secondary N) is 2. The molecule has 0 saturated heterocycles. The first-order valence-electron chi connectivity index (χ1n) is 8.21. The van der Waals surface area contributed by atoms with Crippen molar-refractivity contribution in [2.75, 3.05) is 10.6 Å². The highest BCUT2D eigenvalue weighted by atomic mass is 35.5. The molecule has 3 rings (SSSR count). The van der Waals surface area contributed by atoms with Crippen molar-refractivity contribution in [1.29, 1.82) is 0 Å². The molecule has 7 heteroatoms. The fourth-order valence-electron chi connectivity index (χ4n) is 2.37. The van der Waals surface area contributed by atoms with E-state index in [1.54, 1.807) is 48.5 Å². The van der Waals surface area contributed by atoms with Crippen molar-refractivity contribution in [2.24, 2.45) is 0 Å². The lowest BCUT2D eigenvalue weighted by Crippen LogP contribution is -2.15. The van der Waals surface area contributed by atoms with E-state index < -0.39 is 0 Å². The lowest BCUT2D eigenvalue weighted by Gasteiger charge is -2.09. The summed E-state index contributed by atoms with van der Waals surface area (Å²) in [6, 6.07) is 15.5. The van der Waals surface area contributed by atoms with E-state index in [9.17, 15) is 9.59 Å². The predicted octanol–water partition coefficient (Wildman–Crippen LogP) is 4.64. The molecule has 27 heavy (non-hydrogen) atoms. The summed E-state index contributed by atoms with van der Waals surface area (Å²) in [6.07, 6.45) is 0. The van der Waals surface area contributed by atoms with Crippen LogP contribution in [0.25, 0.3) is 0 Å². The topological polar surface area (TPSA) is 84.0 Å². The second-order valence-electron chi connectivity index (χ2n) is 5.98. The van der Waals surface area contributed by atoms with E-state index in [2.05, 4.69) is 20.8 Å². The van der Waals surface area contributed by atoms with Crippen molar-refractivity contribution in [1.82, 2.24) is 10.2 Å². The van der Waals surface area contributed by atoms with E-state index in [0.717, 1.165) is 11.3 Å². The zero-order chi connectivity index (χ0) is 19.4. The van der Waals surface area contributed by atoms with E-state index in [4.69, 9.17) is 11.6 Å². The summed E-state index contributed by atoms with van der Waals surface area (Å²) < 4.78 is 0. The quantitative estimate of drug-likeness (QED) is 0.630. The van der Waals surface area contributed by atoms with E-state index >= 15 is 0 Å². The van der Waals surface area contributed by atoms with Crippen molar-refractivity contribution in [3.63, 3.8) is 0 Å². The zero-order valence-electron chi connectivity index (χ0n) is 14.8. The van der Waals surface area contributed by atoms with Crippen LogP contribution in [0.1, 0.15) is 33.3 Å². The minimum absolute atomic E-state index is 0.00615. The van der Waals surface area contributed by atoms with Gasteiger partial charge in [-0.2, -0.15) is 0 Å². The zero-order valence-corrected chi connectivity index (χ0v) is 15.5. The van der Waals surface area contributed by atoms with Crippen molar-refractivity contribution in [3.05, 3.63) is 76.4 Å². The van der Waals surface area contributed by atoms with Gasteiger partial charge in [0, 0.05) is 22.0 Å². The Kier molecular flexibility index (Phi) is 5.47. The standard InChI is InChI=1S/C20H17ClN4O2/c1-12-3-6-15(21)11-18(12)23-20(27)17-9-10-19(25-24-17)22-16-7-4-14(5-8-16)13(2)26/h3-11H,1-2H3,(H,22,25)(H,23,27). The number of halogens is 1. The Balaban J connectivity index is 1.68. The van der Waals surface area contributed by atoms with Gasteiger partial charge >= 0.3 is 0 Å². The number of carbonyl (C=O) groups excluding carboxylic acids is 2. The average molecular weight is 381 g/mol. The summed E-state index contributed by atoms with van der Waals surface area (Å²) >= 11 is 5.96. The normalized spacial score (nSPS) is 10.3. The summed E-state index contributed by atoms with van der Waals surface area (Å²) in [6.45, 7) is 3.39. The van der Waals surface area contributed by atoms with Crippen LogP contribution in [0.5, 0.6) is 0 Å². The minimum Gasteiger partial charge on any atom is -0.339 e. The SMILES string of the molecule is CC(=O)c1ccc(Nc2ccc(C(=O)Nc3cc(Cl)ccc3C)nn2)cc1. The maximum absolute atomic E-state index is 12.3. The number of aromatic nitrogens is 2. The van der Waals surface area contributed by atoms with Gasteiger partial charge in [0.25, 0.3) is 5.91 Å². The van der Waals surface area contributed by atoms with Crippen molar-refractivity contribution in [2.45, 2.75) is 13.8 Å². The van der Waals surface area contributed by atoms with E-state index in [-0.39, 0.29) is 17.4 Å². The molecule has 0 saturated carbocycles. The molecule has 0 spiro atoms. The average Bonchev–Trinajstić information content (AvgIpc) is 2.65. The van der Waals surface area contributed by atoms with Gasteiger partial charge in [-0.05, 0) is 67.9 Å². The summed E-state index contributed by atoms with van der Waals surface area (Å²) in [5.74, 6) is 0.123. The van der Waals surface area contributed by atoms with Gasteiger partial charge in [0.1, 0.15) is 0 Å². The van der Waals surface area contributed by atoms with Crippen LogP contribution < -0.4 is 10.6 Å². The number of amides is 1. The number of anilines is 3. The number of ketones is 1. The van der Waals surface area contributed by atoms with Gasteiger partial charge in [0.15, 0.2) is 17.3 Å². The van der Waals surface area contributed by atoms with Crippen molar-refractivity contribution < 1.29 is 9.59 Å². The number of hydrogen-bond acceptors (Lipinski definition) is 5. The second-order valence-corrected chi connectivity index (χ2v) is 6.41. The molecule has 0 aliphatic heterocycles. The Labute approximate surface area is 161 Å². The summed E-state index contributed by atoms with van der Waals surface area (Å²) in [7, 11) is 0. The van der Waals surface area contributed by atoms with Crippen molar-refractivity contribution in [3.8, 4) is 0 Å². The highest BCUT2D eigenvalue weighted by Crippen LogP contribution is 2.21. The highest BCUT2D eigenvalue weighted by molar-refractivity contribution is 6.31. The Morgan fingerprint density at radius 3 is 2.33 bits per heavy atom. The molecule has 0 bridgehead atoms. The third-order valence-electron chi connectivity index (χ3n) is 3.91. The molecule has 136 valence electrons. The molecule has 0 unspecified atom stereocenters. The molecule has 3 aromatic rings. The third kappa shape index (κ3) is 4.68. The lowest BCUT2D eigenvalue weighted by atomic mass is 10.1. The van der Waals surface area contributed by atoms with Gasteiger partial charge in [-0.25, -0.2) is 0 Å². The van der Waals surface area contributed by atoms with Gasteiger partial charge in [0.05, 0.1) is 0 Å². The smallest absolute Gasteiger partial charge is 0.276 e. The Morgan fingerprint density at radius 1 is 0.963 bits per heavy atom. The van der Waals surface area contributed by atoms with Crippen LogP contribution in [0.15, 0.2) is 54.6 Å². The first kappa shape index (κ1) is 18.5. The van der Waals surface area contributed by atoms with Gasteiger partial charge < -0.3 is 10.6 Å². The summed E-state index contributed by atoms with van der Waals surface area (Å²) in [4.78, 5) is 23.6. The molecule has 0 aliphatic rings. The predicted molar refractivity (Wildman–Crippen MR) is 106 cm³/mol. The first-order valence-corrected chi connectivity index (χ1v) is 8.59. The maximum atomic E-state index is 12.3. The molecule has 1 heterocycles. The van der Waals surface area contributed by atoms with Gasteiger partial charge in [-0.15, -0.1) is 10.2 Å². The number of benzene rings is 2. The number of nitrogens with zero attached hydrogens (tertiary/aromatic N) is 2. The fraction of sp³-hybridized carbons (Fsp3) is 0.100. The number of aryl methyl sites for hydroxylation is 1. The molecule has 0 fully saturated rings. The molecule has 6 nitrogen and oxygen atoms in total. The van der Waals surface area contributed by atoms with E-state index in [0.29, 0.717) is 22.1 Å². The molecule has 2 aromatic carbocycles. The third-order valence-corrected chi connectivity index (χ3v) is 4.14. The minimum atomic E-state index is -0.370. The Hall–Kier alpha value is -3.25. The van der Waals surface area contributed by atoms with Crippen LogP contribution in [0.2, 0.25) is 5.02 Å². The van der Waals surface area contributed by atoms with Gasteiger partial charge in [-0.3, -0.25) is 9.59 Å². The highest BCUT2D eigenvalue weighted by Gasteiger charge is 2.11. The van der Waals surface area contributed by atoms with Crippen LogP contribution >= 0.6 is 11.6 Å². The molecule has 0 aliphatic carbocycles. The van der Waals surface area contributed by atoms with Crippen LogP contribution in [-0.2, 0) is 0 Å². The fourth-order valence-corrected chi connectivity index (χ4v) is 2.54. The van der Waals surface area contributed by atoms with E-state index in [1.165, 1.54) is 6.92 Å². The van der Waals surface area contributed by atoms with Crippen molar-refractivity contribution >= 4 is 40.5 Å². The van der Waals surface area contributed by atoms with E-state index in [1.807, 2.05) is 13.0 Å². The monoisotopic (exact) mass is 380 g/mol. The Bertz CT molecular complexity index is 986. The molecule has 0 radical (unpaired) electrons. The largest absolute Gasteiger partial charge is 0.339 e. The van der Waals surface area contributed by atoms with Crippen LogP contribution in [0.4, 0.5) is 17.2 Å². The maximum Gasteiger partial charge on any atom is 0.276 e. The molecular weight excluding hydrogens is 364 g/mol. The molecule has 2 N–H and O–H groups in total. The molecular formula is C20H17ClN4O2. The van der Waals surface area contributed by atoms with Crippen LogP contribution in [0.3, 0.4) is 0 Å². The number of rotatable bonds is 5. The number of hydrogen-bond donors (Lipinski definition) is 2. The van der Waals surface area contributed by atoms with Gasteiger partial charge in [0.2, 0.25) is 0 Å². The second kappa shape index (κ2) is 7.97. The molecule has 0 atom stereocenters. The van der Waals surface area contributed by atoms with Crippen LogP contribution in [-0.4, -0.2) is 21.9 Å².